The maximum absolute atomic E-state index is 8.79. The molecule has 9 heteroatoms. The van der Waals surface area contributed by atoms with Gasteiger partial charge in [0.05, 0.1) is 11.4 Å². The van der Waals surface area contributed by atoms with Gasteiger partial charge in [0.1, 0.15) is 10.8 Å². The fraction of sp³-hybridized carbons (Fsp3) is 0.111. The molecule has 27 heavy (non-hydrogen) atoms. The van der Waals surface area contributed by atoms with Crippen LogP contribution in [0.1, 0.15) is 16.0 Å². The predicted octanol–water partition coefficient (Wildman–Crippen LogP) is 6.62. The maximum atomic E-state index is 8.79. The zero-order chi connectivity index (χ0) is 19.1. The summed E-state index contributed by atoms with van der Waals surface area (Å²) in [6, 6.07) is 15.2. The molecule has 0 aliphatic carbocycles. The fourth-order valence-electron chi connectivity index (χ4n) is 2.44. The van der Waals surface area contributed by atoms with Crippen LogP contribution in [0.15, 0.2) is 63.8 Å². The quantitative estimate of drug-likeness (QED) is 0.204. The van der Waals surface area contributed by atoms with Gasteiger partial charge in [0.15, 0.2) is 0 Å². The molecule has 3 aromatic rings. The number of nitrogens with zero attached hydrogens (tertiary/aromatic N) is 8. The van der Waals surface area contributed by atoms with Crippen LogP contribution in [0.4, 0.5) is 11.5 Å². The van der Waals surface area contributed by atoms with Crippen molar-refractivity contribution >= 4 is 29.1 Å². The van der Waals surface area contributed by atoms with E-state index in [0.29, 0.717) is 22.9 Å². The first kappa shape index (κ1) is 18.2. The van der Waals surface area contributed by atoms with Crippen molar-refractivity contribution in [2.24, 2.45) is 15.2 Å². The lowest BCUT2D eigenvalue weighted by Crippen LogP contribution is -1.86. The van der Waals surface area contributed by atoms with E-state index in [9.17, 15) is 0 Å². The van der Waals surface area contributed by atoms with Gasteiger partial charge in [-0.15, -0.1) is 11.3 Å². The van der Waals surface area contributed by atoms with Gasteiger partial charge < -0.3 is 0 Å². The van der Waals surface area contributed by atoms with Crippen LogP contribution in [-0.2, 0) is 6.54 Å². The Bertz CT molecular complexity index is 1070. The Balaban J connectivity index is 1.89. The smallest absolute Gasteiger partial charge is 0.147 e. The number of aryl methyl sites for hydroxylation is 1. The van der Waals surface area contributed by atoms with Gasteiger partial charge in [-0.25, -0.2) is 4.98 Å². The Labute approximate surface area is 159 Å². The lowest BCUT2D eigenvalue weighted by atomic mass is 10.1. The molecule has 0 unspecified atom stereocenters. The summed E-state index contributed by atoms with van der Waals surface area (Å²) in [4.78, 5) is 15.2. The van der Waals surface area contributed by atoms with E-state index in [0.717, 1.165) is 21.7 Å². The molecule has 1 heterocycles. The van der Waals surface area contributed by atoms with E-state index in [1.54, 1.807) is 12.3 Å². The number of aromatic nitrogens is 1. The first-order valence-corrected chi connectivity index (χ1v) is 8.78. The lowest BCUT2D eigenvalue weighted by Gasteiger charge is -2.03. The number of azide groups is 2. The van der Waals surface area contributed by atoms with Crippen LogP contribution in [0.2, 0.25) is 0 Å². The van der Waals surface area contributed by atoms with E-state index < -0.39 is 0 Å². The van der Waals surface area contributed by atoms with Crippen molar-refractivity contribution in [3.63, 3.8) is 0 Å². The zero-order valence-corrected chi connectivity index (χ0v) is 15.2. The minimum atomic E-state index is 0.296. The van der Waals surface area contributed by atoms with Gasteiger partial charge in [-0.1, -0.05) is 59.2 Å². The van der Waals surface area contributed by atoms with E-state index in [1.165, 1.54) is 11.3 Å². The second-order valence-electron chi connectivity index (χ2n) is 5.55. The maximum Gasteiger partial charge on any atom is 0.147 e. The number of benzene rings is 2. The topological polar surface area (TPSA) is 123 Å². The van der Waals surface area contributed by atoms with Gasteiger partial charge in [0.25, 0.3) is 0 Å². The molecule has 8 nitrogen and oxygen atoms in total. The second-order valence-corrected chi connectivity index (χ2v) is 6.58. The molecule has 0 spiro atoms. The summed E-state index contributed by atoms with van der Waals surface area (Å²) in [5.74, 6) is 0.296. The molecule has 1 aromatic heterocycles. The van der Waals surface area contributed by atoms with Gasteiger partial charge in [-0.2, -0.15) is 0 Å². The van der Waals surface area contributed by atoms with Crippen LogP contribution in [0.3, 0.4) is 0 Å². The van der Waals surface area contributed by atoms with Crippen LogP contribution in [0.25, 0.3) is 31.5 Å². The Morgan fingerprint density at radius 2 is 1.85 bits per heavy atom. The van der Waals surface area contributed by atoms with E-state index in [1.807, 2.05) is 49.4 Å². The third-order valence-corrected chi connectivity index (χ3v) is 4.68. The van der Waals surface area contributed by atoms with Crippen LogP contribution >= 0.6 is 11.3 Å². The van der Waals surface area contributed by atoms with Crippen molar-refractivity contribution in [1.29, 1.82) is 0 Å². The number of hydrogen-bond acceptors (Lipinski definition) is 5. The van der Waals surface area contributed by atoms with E-state index in [-0.39, 0.29) is 0 Å². The molecule has 0 fully saturated rings. The lowest BCUT2D eigenvalue weighted by molar-refractivity contribution is 1.07. The second kappa shape index (κ2) is 8.64. The van der Waals surface area contributed by atoms with Crippen molar-refractivity contribution in [3.05, 3.63) is 85.4 Å². The van der Waals surface area contributed by atoms with Crippen LogP contribution in [-0.4, -0.2) is 11.2 Å². The van der Waals surface area contributed by atoms with Gasteiger partial charge in [-0.3, -0.25) is 4.99 Å². The summed E-state index contributed by atoms with van der Waals surface area (Å²) in [6.07, 6.45) is 1.64. The summed E-state index contributed by atoms with van der Waals surface area (Å²) in [7, 11) is 0. The third-order valence-electron chi connectivity index (χ3n) is 3.65. The van der Waals surface area contributed by atoms with Gasteiger partial charge in [0, 0.05) is 27.3 Å². The average molecular weight is 374 g/mol. The molecule has 0 atom stereocenters. The Hall–Kier alpha value is -3.64. The molecule has 132 valence electrons. The number of aliphatic imine (C=N–C) groups is 1. The first-order valence-electron chi connectivity index (χ1n) is 7.97. The molecule has 0 radical (unpaired) electrons. The van der Waals surface area contributed by atoms with E-state index >= 15 is 0 Å². The largest absolute Gasteiger partial charge is 0.287 e. The van der Waals surface area contributed by atoms with Crippen LogP contribution in [0.5, 0.6) is 0 Å². The molecule has 0 amide bonds. The standard InChI is InChI=1S/C18H14N8S/c1-12-7-8-15(23-25-19)14(9-12)10-21-11-16-17(24-26-20)22-18(27-16)13-5-3-2-4-6-13/h2-9,11H,10H2,1H3. The monoisotopic (exact) mass is 374 g/mol. The van der Waals surface area contributed by atoms with Crippen molar-refractivity contribution in [2.45, 2.75) is 13.5 Å². The molecule has 0 aliphatic heterocycles. The number of rotatable bonds is 6. The normalized spacial score (nSPS) is 10.4. The number of hydrogen-bond donors (Lipinski definition) is 0. The molecule has 0 N–H and O–H groups in total. The Morgan fingerprint density at radius 1 is 1.07 bits per heavy atom. The van der Waals surface area contributed by atoms with Crippen LogP contribution in [0, 0.1) is 6.92 Å². The van der Waals surface area contributed by atoms with E-state index in [4.69, 9.17) is 11.1 Å². The molecular weight excluding hydrogens is 360 g/mol. The minimum absolute atomic E-state index is 0.296. The summed E-state index contributed by atoms with van der Waals surface area (Å²) in [6.45, 7) is 2.30. The number of thiazole rings is 1. The highest BCUT2D eigenvalue weighted by Crippen LogP contribution is 2.32. The SMILES string of the molecule is Cc1ccc(N=[N+]=[N-])c(CN=Cc2sc(-c3ccccc3)nc2N=[N+]=[N-])c1. The molecule has 0 bridgehead atoms. The molecule has 3 rings (SSSR count). The van der Waals surface area contributed by atoms with Gasteiger partial charge in [-0.05, 0) is 28.7 Å². The fourth-order valence-corrected chi connectivity index (χ4v) is 3.34. The third kappa shape index (κ3) is 4.50. The van der Waals surface area contributed by atoms with Gasteiger partial charge in [0.2, 0.25) is 0 Å². The van der Waals surface area contributed by atoms with Crippen molar-refractivity contribution in [2.75, 3.05) is 0 Å². The Kier molecular flexibility index (Phi) is 5.81. The molecule has 0 saturated carbocycles. The summed E-state index contributed by atoms with van der Waals surface area (Å²) < 4.78 is 0. The predicted molar refractivity (Wildman–Crippen MR) is 108 cm³/mol. The summed E-state index contributed by atoms with van der Waals surface area (Å²) in [5.41, 5.74) is 20.8. The zero-order valence-electron chi connectivity index (χ0n) is 14.4. The van der Waals surface area contributed by atoms with Gasteiger partial charge >= 0.3 is 0 Å². The minimum Gasteiger partial charge on any atom is -0.287 e. The summed E-state index contributed by atoms with van der Waals surface area (Å²) in [5, 5.41) is 8.11. The van der Waals surface area contributed by atoms with Crippen molar-refractivity contribution < 1.29 is 0 Å². The Morgan fingerprint density at radius 3 is 2.59 bits per heavy atom. The highest BCUT2D eigenvalue weighted by molar-refractivity contribution is 7.17. The highest BCUT2D eigenvalue weighted by atomic mass is 32.1. The van der Waals surface area contributed by atoms with E-state index in [2.05, 4.69) is 30.0 Å². The molecule has 2 aromatic carbocycles. The molecule has 0 saturated heterocycles. The van der Waals surface area contributed by atoms with Crippen LogP contribution < -0.4 is 0 Å². The van der Waals surface area contributed by atoms with Crippen molar-refractivity contribution in [3.8, 4) is 10.6 Å². The molecular formula is C18H14N8S. The molecule has 0 aliphatic rings. The summed E-state index contributed by atoms with van der Waals surface area (Å²) >= 11 is 1.40. The van der Waals surface area contributed by atoms with Crippen molar-refractivity contribution in [1.82, 2.24) is 4.98 Å². The average Bonchev–Trinajstić information content (AvgIpc) is 3.08. The highest BCUT2D eigenvalue weighted by Gasteiger charge is 2.10. The first-order chi connectivity index (χ1) is 13.2.